The van der Waals surface area contributed by atoms with Gasteiger partial charge in [-0.1, -0.05) is 44.2 Å². The third kappa shape index (κ3) is 2.47. The molecule has 0 bridgehead atoms. The van der Waals surface area contributed by atoms with Gasteiger partial charge in [0.1, 0.15) is 0 Å². The molecule has 0 spiro atoms. The topological polar surface area (TPSA) is 0 Å². The SMILES string of the molecule is CC(C)(P)C(Cl)c1ccccc1. The van der Waals surface area contributed by atoms with Crippen LogP contribution < -0.4 is 0 Å². The van der Waals surface area contributed by atoms with Crippen LogP contribution in [0.5, 0.6) is 0 Å². The molecule has 0 aliphatic rings. The molecule has 0 saturated heterocycles. The molecular weight excluding hydrogens is 187 g/mol. The lowest BCUT2D eigenvalue weighted by molar-refractivity contribution is 0.683. The standard InChI is InChI=1S/C10H14ClP/c1-10(2,12)9(11)8-6-4-3-5-7-8/h3-7,9H,12H2,1-2H3. The lowest BCUT2D eigenvalue weighted by atomic mass is 10.0. The fourth-order valence-corrected chi connectivity index (χ4v) is 1.39. The Balaban J connectivity index is 2.86. The number of hydrogen-bond donors (Lipinski definition) is 0. The fourth-order valence-electron chi connectivity index (χ4n) is 1.05. The molecule has 0 heterocycles. The first-order chi connectivity index (χ1) is 5.52. The summed E-state index contributed by atoms with van der Waals surface area (Å²) < 4.78 is 0. The van der Waals surface area contributed by atoms with Crippen molar-refractivity contribution in [1.29, 1.82) is 0 Å². The van der Waals surface area contributed by atoms with Crippen molar-refractivity contribution < 1.29 is 0 Å². The average Bonchev–Trinajstić information content (AvgIpc) is 2.03. The van der Waals surface area contributed by atoms with E-state index in [0.717, 1.165) is 0 Å². The number of alkyl halides is 1. The summed E-state index contributed by atoms with van der Waals surface area (Å²) in [6, 6.07) is 10.2. The molecule has 0 aliphatic heterocycles. The van der Waals surface area contributed by atoms with Crippen molar-refractivity contribution in [2.24, 2.45) is 0 Å². The Morgan fingerprint density at radius 2 is 1.75 bits per heavy atom. The van der Waals surface area contributed by atoms with E-state index in [-0.39, 0.29) is 10.5 Å². The molecule has 0 N–H and O–H groups in total. The Morgan fingerprint density at radius 3 is 2.17 bits per heavy atom. The Hall–Kier alpha value is -0.0600. The van der Waals surface area contributed by atoms with Crippen molar-refractivity contribution in [3.63, 3.8) is 0 Å². The highest BCUT2D eigenvalue weighted by Crippen LogP contribution is 2.38. The summed E-state index contributed by atoms with van der Waals surface area (Å²) in [7, 11) is 2.77. The van der Waals surface area contributed by atoms with Crippen LogP contribution in [0.1, 0.15) is 24.8 Å². The largest absolute Gasteiger partial charge is 0.130 e. The molecule has 1 rings (SSSR count). The van der Waals surface area contributed by atoms with Gasteiger partial charge in [0, 0.05) is 0 Å². The minimum absolute atomic E-state index is 0.0446. The van der Waals surface area contributed by atoms with Gasteiger partial charge in [-0.3, -0.25) is 0 Å². The van der Waals surface area contributed by atoms with Gasteiger partial charge in [-0.05, 0) is 10.7 Å². The predicted octanol–water partition coefficient (Wildman–Crippen LogP) is 3.62. The van der Waals surface area contributed by atoms with E-state index in [9.17, 15) is 0 Å². The van der Waals surface area contributed by atoms with Gasteiger partial charge in [0.15, 0.2) is 0 Å². The summed E-state index contributed by atoms with van der Waals surface area (Å²) in [5, 5.41) is 0.104. The summed E-state index contributed by atoms with van der Waals surface area (Å²) >= 11 is 6.26. The summed E-state index contributed by atoms with van der Waals surface area (Å²) in [6.07, 6.45) is 0. The van der Waals surface area contributed by atoms with Crippen LogP contribution in [-0.2, 0) is 0 Å². The zero-order valence-corrected chi connectivity index (χ0v) is 9.33. The highest BCUT2D eigenvalue weighted by molar-refractivity contribution is 7.19. The molecule has 0 aliphatic carbocycles. The maximum atomic E-state index is 6.26. The number of halogens is 1. The molecule has 0 nitrogen and oxygen atoms in total. The second-order valence-electron chi connectivity index (χ2n) is 3.59. The van der Waals surface area contributed by atoms with Gasteiger partial charge < -0.3 is 0 Å². The van der Waals surface area contributed by atoms with Gasteiger partial charge in [-0.25, -0.2) is 0 Å². The smallest absolute Gasteiger partial charge is 0.0670 e. The molecule has 2 heteroatoms. The predicted molar refractivity (Wildman–Crippen MR) is 58.8 cm³/mol. The maximum absolute atomic E-state index is 6.26. The van der Waals surface area contributed by atoms with Crippen molar-refractivity contribution in [2.75, 3.05) is 0 Å². The zero-order valence-electron chi connectivity index (χ0n) is 7.42. The number of benzene rings is 1. The van der Waals surface area contributed by atoms with E-state index >= 15 is 0 Å². The molecule has 1 aromatic carbocycles. The lowest BCUT2D eigenvalue weighted by Gasteiger charge is -2.25. The minimum Gasteiger partial charge on any atom is -0.130 e. The molecule has 0 fully saturated rings. The van der Waals surface area contributed by atoms with Crippen molar-refractivity contribution in [3.8, 4) is 0 Å². The molecule has 0 aromatic heterocycles. The van der Waals surface area contributed by atoms with Gasteiger partial charge >= 0.3 is 0 Å². The van der Waals surface area contributed by atoms with E-state index in [1.54, 1.807) is 0 Å². The van der Waals surface area contributed by atoms with Crippen molar-refractivity contribution in [2.45, 2.75) is 24.4 Å². The third-order valence-corrected chi connectivity index (χ3v) is 3.10. The van der Waals surface area contributed by atoms with Gasteiger partial charge in [-0.15, -0.1) is 20.8 Å². The van der Waals surface area contributed by atoms with Crippen molar-refractivity contribution in [3.05, 3.63) is 35.9 Å². The molecule has 2 unspecified atom stereocenters. The summed E-state index contributed by atoms with van der Waals surface area (Å²) in [6.45, 7) is 4.23. The molecule has 2 atom stereocenters. The number of hydrogen-bond acceptors (Lipinski definition) is 0. The first-order valence-electron chi connectivity index (χ1n) is 3.99. The lowest BCUT2D eigenvalue weighted by Crippen LogP contribution is -2.16. The average molecular weight is 201 g/mol. The van der Waals surface area contributed by atoms with Crippen LogP contribution in [0.25, 0.3) is 0 Å². The van der Waals surface area contributed by atoms with Crippen LogP contribution in [0.2, 0.25) is 0 Å². The molecule has 0 saturated carbocycles. The minimum atomic E-state index is 0.0446. The molecular formula is C10H14ClP. The van der Waals surface area contributed by atoms with Crippen LogP contribution in [0, 0.1) is 0 Å². The van der Waals surface area contributed by atoms with Gasteiger partial charge in [0.25, 0.3) is 0 Å². The Morgan fingerprint density at radius 1 is 1.25 bits per heavy atom. The highest BCUT2D eigenvalue weighted by Gasteiger charge is 2.23. The summed E-state index contributed by atoms with van der Waals surface area (Å²) in [5.41, 5.74) is 1.18. The fraction of sp³-hybridized carbons (Fsp3) is 0.400. The van der Waals surface area contributed by atoms with Crippen LogP contribution >= 0.6 is 20.8 Å². The molecule has 66 valence electrons. The van der Waals surface area contributed by atoms with Crippen molar-refractivity contribution in [1.82, 2.24) is 0 Å². The van der Waals surface area contributed by atoms with Crippen LogP contribution in [0.3, 0.4) is 0 Å². The van der Waals surface area contributed by atoms with Crippen molar-refractivity contribution >= 4 is 20.8 Å². The van der Waals surface area contributed by atoms with E-state index in [0.29, 0.717) is 0 Å². The Kier molecular flexibility index (Phi) is 3.15. The first kappa shape index (κ1) is 10.0. The third-order valence-electron chi connectivity index (χ3n) is 1.75. The molecule has 0 amide bonds. The molecule has 12 heavy (non-hydrogen) atoms. The van der Waals surface area contributed by atoms with Gasteiger partial charge in [0.2, 0.25) is 0 Å². The number of rotatable bonds is 2. The van der Waals surface area contributed by atoms with Gasteiger partial charge in [0.05, 0.1) is 5.38 Å². The Bertz CT molecular complexity index is 238. The zero-order chi connectivity index (χ0) is 9.19. The van der Waals surface area contributed by atoms with E-state index in [1.807, 2.05) is 18.2 Å². The summed E-state index contributed by atoms with van der Waals surface area (Å²) in [4.78, 5) is 0. The summed E-state index contributed by atoms with van der Waals surface area (Å²) in [5.74, 6) is 0. The van der Waals surface area contributed by atoms with E-state index in [4.69, 9.17) is 11.6 Å². The second kappa shape index (κ2) is 3.77. The van der Waals surface area contributed by atoms with Crippen LogP contribution in [0.15, 0.2) is 30.3 Å². The molecule has 0 radical (unpaired) electrons. The maximum Gasteiger partial charge on any atom is 0.0670 e. The highest BCUT2D eigenvalue weighted by atomic mass is 35.5. The van der Waals surface area contributed by atoms with Gasteiger partial charge in [-0.2, -0.15) is 0 Å². The quantitative estimate of drug-likeness (QED) is 0.505. The van der Waals surface area contributed by atoms with Crippen LogP contribution in [0.4, 0.5) is 0 Å². The normalized spacial score (nSPS) is 14.3. The first-order valence-corrected chi connectivity index (χ1v) is 5.01. The van der Waals surface area contributed by atoms with E-state index in [1.165, 1.54) is 5.56 Å². The Labute approximate surface area is 81.5 Å². The monoisotopic (exact) mass is 200 g/mol. The second-order valence-corrected chi connectivity index (χ2v) is 5.52. The van der Waals surface area contributed by atoms with E-state index < -0.39 is 0 Å². The van der Waals surface area contributed by atoms with Crippen LogP contribution in [-0.4, -0.2) is 5.16 Å². The van der Waals surface area contributed by atoms with E-state index in [2.05, 4.69) is 35.2 Å². The molecule has 1 aromatic rings.